The molecule has 0 saturated heterocycles. The van der Waals surface area contributed by atoms with Gasteiger partial charge in [-0.1, -0.05) is 0 Å². The highest BCUT2D eigenvalue weighted by atomic mass is 31.2. The highest BCUT2D eigenvalue weighted by Gasteiger charge is 2.17. The summed E-state index contributed by atoms with van der Waals surface area (Å²) in [6.07, 6.45) is 2.37. The molecule has 7 heavy (non-hydrogen) atoms. The van der Waals surface area contributed by atoms with E-state index >= 15 is 0 Å². The lowest BCUT2D eigenvalue weighted by Gasteiger charge is -2.11. The first-order valence-corrected chi connectivity index (χ1v) is 5.43. The average Bonchev–Trinajstić information content (AvgIpc) is 1.68. The molecule has 0 rings (SSSR count). The Balaban J connectivity index is 3.36. The first-order chi connectivity index (χ1) is 3.12. The molecular weight excluding hydrogens is 102 g/mol. The predicted molar refractivity (Wildman–Crippen MR) is 39.7 cm³/mol. The fourth-order valence-corrected chi connectivity index (χ4v) is 0.671. The summed E-state index contributed by atoms with van der Waals surface area (Å²) in [7, 11) is 4.92. The molecule has 0 bridgehead atoms. The summed E-state index contributed by atoms with van der Waals surface area (Å²) in [6.45, 7) is 6.52. The number of hydrogen-bond acceptors (Lipinski definition) is 0. The minimum absolute atomic E-state index is 0.904. The molecule has 0 N–H and O–H groups in total. The van der Waals surface area contributed by atoms with E-state index in [0.29, 0.717) is 0 Å². The Morgan fingerprint density at radius 1 is 1.29 bits per heavy atom. The van der Waals surface area contributed by atoms with Crippen molar-refractivity contribution in [2.45, 2.75) is 13.8 Å². The Labute approximate surface area is 48.4 Å². The van der Waals surface area contributed by atoms with Gasteiger partial charge in [0.1, 0.15) is 0 Å². The van der Waals surface area contributed by atoms with E-state index in [1.807, 2.05) is 0 Å². The largest absolute Gasteiger partial charge is 0.364 e. The van der Waals surface area contributed by atoms with Crippen LogP contribution in [0, 0.1) is 0 Å². The second-order valence-electron chi connectivity index (χ2n) is 2.11. The van der Waals surface area contributed by atoms with Crippen LogP contribution in [0.25, 0.3) is 0 Å². The standard InChI is InChI=1S/C5H13BP/c1-4-7(3,6)5-2/h4-5H2,1-3H3/q+1. The summed E-state index contributed by atoms with van der Waals surface area (Å²) < 4.78 is 0. The Morgan fingerprint density at radius 2 is 1.57 bits per heavy atom. The summed E-state index contributed by atoms with van der Waals surface area (Å²) >= 11 is 0. The van der Waals surface area contributed by atoms with Gasteiger partial charge in [0.05, 0.1) is 0 Å². The van der Waals surface area contributed by atoms with Crippen LogP contribution in [0.1, 0.15) is 13.8 Å². The quantitative estimate of drug-likeness (QED) is 0.380. The molecule has 0 aliphatic rings. The fourth-order valence-electron chi connectivity index (χ4n) is 0.224. The van der Waals surface area contributed by atoms with E-state index in [1.54, 1.807) is 0 Å². The summed E-state index contributed by atoms with van der Waals surface area (Å²) in [5, 5.41) is 0. The Morgan fingerprint density at radius 3 is 1.57 bits per heavy atom. The van der Waals surface area contributed by atoms with Gasteiger partial charge in [-0.3, -0.25) is 0 Å². The first-order valence-electron chi connectivity index (χ1n) is 2.75. The SMILES string of the molecule is [B][P+](C)(CC)CC. The molecular formula is C5H13BP+. The monoisotopic (exact) mass is 115 g/mol. The van der Waals surface area contributed by atoms with Crippen molar-refractivity contribution in [2.75, 3.05) is 19.0 Å². The van der Waals surface area contributed by atoms with Crippen molar-refractivity contribution in [1.82, 2.24) is 0 Å². The van der Waals surface area contributed by atoms with Crippen molar-refractivity contribution in [3.8, 4) is 0 Å². The smallest absolute Gasteiger partial charge is 0.0437 e. The average molecular weight is 115 g/mol. The van der Waals surface area contributed by atoms with E-state index in [9.17, 15) is 0 Å². The molecule has 0 saturated carbocycles. The normalized spacial score (nSPS) is 11.9. The lowest BCUT2D eigenvalue weighted by molar-refractivity contribution is 1.40. The third-order valence-electron chi connectivity index (χ3n) is 1.44. The van der Waals surface area contributed by atoms with Crippen molar-refractivity contribution in [2.24, 2.45) is 0 Å². The molecule has 0 aliphatic carbocycles. The molecule has 0 amide bonds. The van der Waals surface area contributed by atoms with Crippen LogP contribution in [0.15, 0.2) is 0 Å². The van der Waals surface area contributed by atoms with Gasteiger partial charge >= 0.3 is 7.57 Å². The van der Waals surface area contributed by atoms with Gasteiger partial charge in [-0.05, 0) is 21.0 Å². The minimum atomic E-state index is -0.904. The van der Waals surface area contributed by atoms with Gasteiger partial charge in [-0.15, -0.1) is 0 Å². The topological polar surface area (TPSA) is 0 Å². The Bertz CT molecular complexity index is 46.0. The summed E-state index contributed by atoms with van der Waals surface area (Å²) in [5.41, 5.74) is 0. The van der Waals surface area contributed by atoms with Crippen LogP contribution < -0.4 is 0 Å². The van der Waals surface area contributed by atoms with E-state index in [4.69, 9.17) is 7.57 Å². The zero-order chi connectivity index (χ0) is 5.91. The van der Waals surface area contributed by atoms with Gasteiger partial charge in [0.25, 0.3) is 0 Å². The van der Waals surface area contributed by atoms with Gasteiger partial charge < -0.3 is 0 Å². The van der Waals surface area contributed by atoms with Crippen LogP contribution in [-0.2, 0) is 0 Å². The van der Waals surface area contributed by atoms with Gasteiger partial charge in [-0.25, -0.2) is 0 Å². The van der Waals surface area contributed by atoms with E-state index < -0.39 is 7.14 Å². The second kappa shape index (κ2) is 2.72. The van der Waals surface area contributed by atoms with Crippen molar-refractivity contribution >= 4 is 14.7 Å². The fraction of sp³-hybridized carbons (Fsp3) is 1.00. The van der Waals surface area contributed by atoms with Crippen LogP contribution in [0.2, 0.25) is 0 Å². The molecule has 0 aromatic rings. The summed E-state index contributed by atoms with van der Waals surface area (Å²) in [5.74, 6) is 0. The maximum atomic E-state index is 5.83. The highest BCUT2D eigenvalue weighted by Crippen LogP contribution is 2.48. The van der Waals surface area contributed by atoms with E-state index in [1.165, 1.54) is 12.3 Å². The van der Waals surface area contributed by atoms with Gasteiger partial charge in [0, 0.05) is 19.0 Å². The van der Waals surface area contributed by atoms with Gasteiger partial charge in [-0.2, -0.15) is 0 Å². The van der Waals surface area contributed by atoms with Gasteiger partial charge in [0.15, 0.2) is 0 Å². The molecule has 0 heterocycles. The predicted octanol–water partition coefficient (Wildman–Crippen LogP) is 1.76. The second-order valence-corrected chi connectivity index (χ2v) is 6.34. The molecule has 0 spiro atoms. The molecule has 0 aromatic carbocycles. The summed E-state index contributed by atoms with van der Waals surface area (Å²) in [6, 6.07) is 0. The third-order valence-corrected chi connectivity index (χ3v) is 4.33. The molecule has 40 valence electrons. The van der Waals surface area contributed by atoms with Crippen molar-refractivity contribution in [1.29, 1.82) is 0 Å². The molecule has 0 fully saturated rings. The van der Waals surface area contributed by atoms with Crippen molar-refractivity contribution in [3.63, 3.8) is 0 Å². The lowest BCUT2D eigenvalue weighted by atomic mass is 10.7. The van der Waals surface area contributed by atoms with Crippen LogP contribution in [0.4, 0.5) is 0 Å². The maximum absolute atomic E-state index is 5.83. The van der Waals surface area contributed by atoms with E-state index in [0.717, 1.165) is 0 Å². The van der Waals surface area contributed by atoms with Crippen LogP contribution in [0.5, 0.6) is 0 Å². The van der Waals surface area contributed by atoms with Gasteiger partial charge in [0.2, 0.25) is 0 Å². The molecule has 0 unspecified atom stereocenters. The molecule has 0 atom stereocenters. The Kier molecular flexibility index (Phi) is 2.91. The molecule has 0 nitrogen and oxygen atoms in total. The lowest BCUT2D eigenvalue weighted by Crippen LogP contribution is -1.94. The molecule has 0 aliphatic heterocycles. The molecule has 2 radical (unpaired) electrons. The van der Waals surface area contributed by atoms with Crippen LogP contribution in [-0.4, -0.2) is 26.6 Å². The first kappa shape index (κ1) is 7.49. The number of hydrogen-bond donors (Lipinski definition) is 0. The Hall–Kier alpha value is 0.495. The number of rotatable bonds is 2. The third kappa shape index (κ3) is 3.11. The zero-order valence-electron chi connectivity index (χ0n) is 5.44. The van der Waals surface area contributed by atoms with Crippen LogP contribution in [0.3, 0.4) is 0 Å². The minimum Gasteiger partial charge on any atom is -0.0437 e. The molecule has 0 aromatic heterocycles. The van der Waals surface area contributed by atoms with Crippen molar-refractivity contribution in [3.05, 3.63) is 0 Å². The van der Waals surface area contributed by atoms with E-state index in [-0.39, 0.29) is 0 Å². The maximum Gasteiger partial charge on any atom is 0.364 e. The summed E-state index contributed by atoms with van der Waals surface area (Å²) in [4.78, 5) is 0. The zero-order valence-corrected chi connectivity index (χ0v) is 6.33. The highest BCUT2D eigenvalue weighted by molar-refractivity contribution is 7.96. The van der Waals surface area contributed by atoms with Crippen molar-refractivity contribution < 1.29 is 0 Å². The van der Waals surface area contributed by atoms with Crippen LogP contribution >= 0.6 is 7.14 Å². The molecule has 2 heteroatoms. The van der Waals surface area contributed by atoms with E-state index in [2.05, 4.69) is 20.5 Å².